The van der Waals surface area contributed by atoms with Crippen LogP contribution in [0.3, 0.4) is 0 Å². The molecule has 1 rings (SSSR count). The van der Waals surface area contributed by atoms with Crippen molar-refractivity contribution < 1.29 is 0 Å². The number of nitrogens with zero attached hydrogens (tertiary/aromatic N) is 2. The van der Waals surface area contributed by atoms with Gasteiger partial charge in [0.05, 0.1) is 5.69 Å². The van der Waals surface area contributed by atoms with Crippen LogP contribution in [0.2, 0.25) is 5.15 Å². The maximum Gasteiger partial charge on any atom is 0.171 e. The van der Waals surface area contributed by atoms with Gasteiger partial charge in [-0.05, 0) is 6.92 Å². The van der Waals surface area contributed by atoms with Crippen LogP contribution in [0.4, 0.5) is 11.5 Å². The van der Waals surface area contributed by atoms with Gasteiger partial charge in [-0.1, -0.05) is 11.6 Å². The molecule has 0 atom stereocenters. The molecule has 1 aromatic heterocycles. The van der Waals surface area contributed by atoms with E-state index in [1.165, 1.54) is 0 Å². The number of hydrogen-bond donors (Lipinski definition) is 2. The van der Waals surface area contributed by atoms with Crippen LogP contribution in [-0.4, -0.2) is 23.8 Å². The lowest BCUT2D eigenvalue weighted by Gasteiger charge is -2.07. The van der Waals surface area contributed by atoms with Gasteiger partial charge < -0.3 is 10.6 Å². The van der Waals surface area contributed by atoms with Gasteiger partial charge in [-0.15, -0.1) is 10.2 Å². The maximum absolute atomic E-state index is 5.67. The predicted molar refractivity (Wildman–Crippen MR) is 50.8 cm³/mol. The molecule has 0 aliphatic carbocycles. The van der Waals surface area contributed by atoms with E-state index in [1.807, 2.05) is 6.92 Å². The van der Waals surface area contributed by atoms with Crippen LogP contribution in [0.1, 0.15) is 6.92 Å². The van der Waals surface area contributed by atoms with Crippen molar-refractivity contribution in [3.63, 3.8) is 0 Å². The number of anilines is 2. The highest BCUT2D eigenvalue weighted by molar-refractivity contribution is 6.29. The molecule has 1 heterocycles. The van der Waals surface area contributed by atoms with Crippen LogP contribution >= 0.6 is 11.6 Å². The summed E-state index contributed by atoms with van der Waals surface area (Å²) in [6, 6.07) is 1.74. The second-order valence-corrected chi connectivity index (χ2v) is 2.60. The average Bonchev–Trinajstić information content (AvgIpc) is 2.05. The summed E-state index contributed by atoms with van der Waals surface area (Å²) in [5, 5.41) is 14.0. The Hall–Kier alpha value is -1.03. The van der Waals surface area contributed by atoms with Crippen molar-refractivity contribution >= 4 is 23.1 Å². The Morgan fingerprint density at radius 3 is 2.83 bits per heavy atom. The summed E-state index contributed by atoms with van der Waals surface area (Å²) >= 11 is 5.67. The Morgan fingerprint density at radius 2 is 2.25 bits per heavy atom. The molecular weight excluding hydrogens is 176 g/mol. The van der Waals surface area contributed by atoms with E-state index in [1.54, 1.807) is 13.1 Å². The lowest BCUT2D eigenvalue weighted by molar-refractivity contribution is 1.02. The normalized spacial score (nSPS) is 9.58. The van der Waals surface area contributed by atoms with E-state index in [4.69, 9.17) is 11.6 Å². The van der Waals surface area contributed by atoms with Gasteiger partial charge in [0.25, 0.3) is 0 Å². The second-order valence-electron chi connectivity index (χ2n) is 2.21. The largest absolute Gasteiger partial charge is 0.382 e. The van der Waals surface area contributed by atoms with Crippen LogP contribution in [0, 0.1) is 0 Å². The van der Waals surface area contributed by atoms with E-state index in [0.717, 1.165) is 12.2 Å². The minimum absolute atomic E-state index is 0.393. The van der Waals surface area contributed by atoms with Crippen LogP contribution in [-0.2, 0) is 0 Å². The molecule has 0 saturated heterocycles. The summed E-state index contributed by atoms with van der Waals surface area (Å²) in [7, 11) is 1.79. The fraction of sp³-hybridized carbons (Fsp3) is 0.429. The van der Waals surface area contributed by atoms with Crippen molar-refractivity contribution in [3.05, 3.63) is 11.2 Å². The molecule has 0 aromatic carbocycles. The van der Waals surface area contributed by atoms with Gasteiger partial charge in [0, 0.05) is 19.7 Å². The predicted octanol–water partition coefficient (Wildman–Crippen LogP) is 1.60. The Labute approximate surface area is 76.3 Å². The molecule has 66 valence electrons. The summed E-state index contributed by atoms with van der Waals surface area (Å²) in [6.07, 6.45) is 0. The molecule has 0 aliphatic heterocycles. The third-order valence-corrected chi connectivity index (χ3v) is 1.55. The van der Waals surface area contributed by atoms with Gasteiger partial charge in [0.15, 0.2) is 11.0 Å². The highest BCUT2D eigenvalue weighted by atomic mass is 35.5. The molecule has 0 unspecified atom stereocenters. The monoisotopic (exact) mass is 186 g/mol. The Kier molecular flexibility index (Phi) is 3.10. The van der Waals surface area contributed by atoms with Crippen molar-refractivity contribution in [3.8, 4) is 0 Å². The average molecular weight is 187 g/mol. The summed E-state index contributed by atoms with van der Waals surface area (Å²) in [6.45, 7) is 2.84. The molecular formula is C7H11ClN4. The quantitative estimate of drug-likeness (QED) is 0.753. The maximum atomic E-state index is 5.67. The summed E-state index contributed by atoms with van der Waals surface area (Å²) in [5.74, 6) is 0.709. The molecule has 12 heavy (non-hydrogen) atoms. The zero-order valence-corrected chi connectivity index (χ0v) is 7.81. The van der Waals surface area contributed by atoms with Gasteiger partial charge in [-0.2, -0.15) is 0 Å². The first-order chi connectivity index (χ1) is 5.77. The smallest absolute Gasteiger partial charge is 0.171 e. The minimum Gasteiger partial charge on any atom is -0.382 e. The SMILES string of the molecule is CCNc1cc(Cl)nnc1NC. The minimum atomic E-state index is 0.393. The zero-order chi connectivity index (χ0) is 8.97. The van der Waals surface area contributed by atoms with Crippen molar-refractivity contribution in [1.82, 2.24) is 10.2 Å². The summed E-state index contributed by atoms with van der Waals surface area (Å²) in [4.78, 5) is 0. The Morgan fingerprint density at radius 1 is 1.50 bits per heavy atom. The van der Waals surface area contributed by atoms with E-state index < -0.39 is 0 Å². The van der Waals surface area contributed by atoms with Gasteiger partial charge in [-0.25, -0.2) is 0 Å². The number of aromatic nitrogens is 2. The number of hydrogen-bond acceptors (Lipinski definition) is 4. The lowest BCUT2D eigenvalue weighted by Crippen LogP contribution is -2.04. The fourth-order valence-electron chi connectivity index (χ4n) is 0.878. The second kappa shape index (κ2) is 4.11. The highest BCUT2D eigenvalue weighted by Crippen LogP contribution is 2.19. The first kappa shape index (κ1) is 9.06. The van der Waals surface area contributed by atoms with Gasteiger partial charge >= 0.3 is 0 Å². The van der Waals surface area contributed by atoms with E-state index in [2.05, 4.69) is 20.8 Å². The Balaban J connectivity index is 2.95. The fourth-order valence-corrected chi connectivity index (χ4v) is 1.02. The molecule has 0 bridgehead atoms. The first-order valence-corrected chi connectivity index (χ1v) is 4.10. The van der Waals surface area contributed by atoms with E-state index in [9.17, 15) is 0 Å². The molecule has 4 nitrogen and oxygen atoms in total. The van der Waals surface area contributed by atoms with Crippen LogP contribution in [0.5, 0.6) is 0 Å². The molecule has 0 radical (unpaired) electrons. The first-order valence-electron chi connectivity index (χ1n) is 3.72. The molecule has 1 aromatic rings. The number of halogens is 1. The van der Waals surface area contributed by atoms with Crippen LogP contribution < -0.4 is 10.6 Å². The van der Waals surface area contributed by atoms with E-state index in [0.29, 0.717) is 11.0 Å². The van der Waals surface area contributed by atoms with Crippen molar-refractivity contribution in [2.75, 3.05) is 24.2 Å². The molecule has 0 fully saturated rings. The molecule has 2 N–H and O–H groups in total. The zero-order valence-electron chi connectivity index (χ0n) is 7.06. The summed E-state index contributed by atoms with van der Waals surface area (Å²) < 4.78 is 0. The van der Waals surface area contributed by atoms with Crippen molar-refractivity contribution in [2.24, 2.45) is 0 Å². The number of nitrogens with one attached hydrogen (secondary N) is 2. The molecule has 0 amide bonds. The van der Waals surface area contributed by atoms with Gasteiger partial charge in [0.2, 0.25) is 0 Å². The molecule has 5 heteroatoms. The molecule has 0 spiro atoms. The third kappa shape index (κ3) is 1.98. The lowest BCUT2D eigenvalue weighted by atomic mass is 10.4. The Bertz CT molecular complexity index is 264. The third-order valence-electron chi connectivity index (χ3n) is 1.37. The topological polar surface area (TPSA) is 49.8 Å². The van der Waals surface area contributed by atoms with Crippen molar-refractivity contribution in [1.29, 1.82) is 0 Å². The van der Waals surface area contributed by atoms with Crippen molar-refractivity contribution in [2.45, 2.75) is 6.92 Å². The van der Waals surface area contributed by atoms with Crippen LogP contribution in [0.15, 0.2) is 6.07 Å². The van der Waals surface area contributed by atoms with E-state index in [-0.39, 0.29) is 0 Å². The standard InChI is InChI=1S/C7H11ClN4/c1-3-10-5-4-6(8)11-12-7(5)9-2/h4H,3H2,1-2H3,(H,9,12)(H,10,11). The molecule has 0 aliphatic rings. The molecule has 0 saturated carbocycles. The van der Waals surface area contributed by atoms with Gasteiger partial charge in [-0.3, -0.25) is 0 Å². The summed E-state index contributed by atoms with van der Waals surface area (Å²) in [5.41, 5.74) is 0.875. The van der Waals surface area contributed by atoms with Gasteiger partial charge in [0.1, 0.15) is 0 Å². The number of rotatable bonds is 3. The van der Waals surface area contributed by atoms with Crippen LogP contribution in [0.25, 0.3) is 0 Å². The van der Waals surface area contributed by atoms with E-state index >= 15 is 0 Å². The highest BCUT2D eigenvalue weighted by Gasteiger charge is 2.02.